The molecule has 1 unspecified atom stereocenters. The third-order valence-electron chi connectivity index (χ3n) is 3.07. The maximum atomic E-state index is 9.58. The highest BCUT2D eigenvalue weighted by Crippen LogP contribution is 2.18. The fraction of sp³-hybridized carbons (Fsp3) is 0.571. The number of nitrogens with two attached hydrogens (primary N) is 1. The zero-order chi connectivity index (χ0) is 13.4. The Hall–Kier alpha value is -0.940. The molecule has 0 spiro atoms. The van der Waals surface area contributed by atoms with Gasteiger partial charge in [-0.25, -0.2) is 0 Å². The first-order chi connectivity index (χ1) is 8.62. The molecule has 4 nitrogen and oxygen atoms in total. The standard InChI is InChI=1S/C14H24N2O2/c1-16(9-6-10-18-2)11-14(15,12-17)13-7-4-3-5-8-13/h3-5,7-8,17H,6,9-12,15H2,1-2H3. The lowest BCUT2D eigenvalue weighted by Gasteiger charge is -2.32. The Labute approximate surface area is 109 Å². The van der Waals surface area contributed by atoms with Crippen molar-refractivity contribution >= 4 is 0 Å². The number of rotatable bonds is 8. The molecule has 0 heterocycles. The minimum atomic E-state index is -0.705. The Morgan fingerprint density at radius 1 is 1.33 bits per heavy atom. The van der Waals surface area contributed by atoms with Crippen molar-refractivity contribution in [3.05, 3.63) is 35.9 Å². The topological polar surface area (TPSA) is 58.7 Å². The highest BCUT2D eigenvalue weighted by molar-refractivity contribution is 5.24. The van der Waals surface area contributed by atoms with Crippen LogP contribution in [-0.4, -0.2) is 50.5 Å². The SMILES string of the molecule is COCCCN(C)CC(N)(CO)c1ccccc1. The van der Waals surface area contributed by atoms with Crippen LogP contribution in [-0.2, 0) is 10.3 Å². The van der Waals surface area contributed by atoms with Gasteiger partial charge in [-0.2, -0.15) is 0 Å². The number of hydrogen-bond donors (Lipinski definition) is 2. The predicted octanol–water partition coefficient (Wildman–Crippen LogP) is 0.801. The highest BCUT2D eigenvalue weighted by Gasteiger charge is 2.27. The van der Waals surface area contributed by atoms with Crippen LogP contribution in [0.25, 0.3) is 0 Å². The van der Waals surface area contributed by atoms with E-state index in [0.717, 1.165) is 25.1 Å². The van der Waals surface area contributed by atoms with Crippen LogP contribution in [0.4, 0.5) is 0 Å². The summed E-state index contributed by atoms with van der Waals surface area (Å²) in [6.45, 7) is 2.20. The molecule has 0 aliphatic heterocycles. The van der Waals surface area contributed by atoms with Crippen LogP contribution in [0.1, 0.15) is 12.0 Å². The summed E-state index contributed by atoms with van der Waals surface area (Å²) in [6.07, 6.45) is 0.962. The molecule has 1 aromatic carbocycles. The van der Waals surface area contributed by atoms with Crippen LogP contribution < -0.4 is 5.73 Å². The van der Waals surface area contributed by atoms with Gasteiger partial charge in [-0.3, -0.25) is 0 Å². The van der Waals surface area contributed by atoms with E-state index in [1.165, 1.54) is 0 Å². The number of benzene rings is 1. The minimum absolute atomic E-state index is 0.0639. The fourth-order valence-electron chi connectivity index (χ4n) is 2.04. The fourth-order valence-corrected chi connectivity index (χ4v) is 2.04. The average Bonchev–Trinajstić information content (AvgIpc) is 2.40. The van der Waals surface area contributed by atoms with Gasteiger partial charge in [0.05, 0.1) is 12.1 Å². The zero-order valence-electron chi connectivity index (χ0n) is 11.3. The Morgan fingerprint density at radius 3 is 2.56 bits per heavy atom. The first-order valence-corrected chi connectivity index (χ1v) is 6.25. The Balaban J connectivity index is 2.60. The monoisotopic (exact) mass is 252 g/mol. The summed E-state index contributed by atoms with van der Waals surface area (Å²) in [5.74, 6) is 0. The van der Waals surface area contributed by atoms with E-state index in [2.05, 4.69) is 4.90 Å². The molecule has 0 bridgehead atoms. The number of aliphatic hydroxyl groups excluding tert-OH is 1. The van der Waals surface area contributed by atoms with Gasteiger partial charge in [-0.15, -0.1) is 0 Å². The summed E-state index contributed by atoms with van der Waals surface area (Å²) >= 11 is 0. The lowest BCUT2D eigenvalue weighted by molar-refractivity contribution is 0.137. The highest BCUT2D eigenvalue weighted by atomic mass is 16.5. The molecule has 1 aromatic rings. The lowest BCUT2D eigenvalue weighted by atomic mass is 9.91. The number of likely N-dealkylation sites (N-methyl/N-ethyl adjacent to an activating group) is 1. The van der Waals surface area contributed by atoms with Gasteiger partial charge in [0.25, 0.3) is 0 Å². The van der Waals surface area contributed by atoms with Crippen molar-refractivity contribution in [1.82, 2.24) is 4.90 Å². The van der Waals surface area contributed by atoms with Gasteiger partial charge in [-0.1, -0.05) is 30.3 Å². The second-order valence-corrected chi connectivity index (χ2v) is 4.76. The van der Waals surface area contributed by atoms with Crippen molar-refractivity contribution in [1.29, 1.82) is 0 Å². The Kier molecular flexibility index (Phi) is 6.29. The molecule has 0 aliphatic rings. The lowest BCUT2D eigenvalue weighted by Crippen LogP contribution is -2.49. The Bertz CT molecular complexity index is 332. The van der Waals surface area contributed by atoms with Gasteiger partial charge in [-0.05, 0) is 19.0 Å². The summed E-state index contributed by atoms with van der Waals surface area (Å²) in [7, 11) is 3.71. The predicted molar refractivity (Wildman–Crippen MR) is 73.4 cm³/mol. The maximum absolute atomic E-state index is 9.58. The van der Waals surface area contributed by atoms with Crippen LogP contribution in [0, 0.1) is 0 Å². The molecule has 0 saturated carbocycles. The molecular formula is C14H24N2O2. The van der Waals surface area contributed by atoms with Crippen LogP contribution in [0.2, 0.25) is 0 Å². The quantitative estimate of drug-likeness (QED) is 0.672. The van der Waals surface area contributed by atoms with E-state index in [-0.39, 0.29) is 6.61 Å². The number of ether oxygens (including phenoxy) is 1. The number of nitrogens with zero attached hydrogens (tertiary/aromatic N) is 1. The summed E-state index contributed by atoms with van der Waals surface area (Å²) in [4.78, 5) is 2.13. The molecule has 18 heavy (non-hydrogen) atoms. The Morgan fingerprint density at radius 2 is 2.00 bits per heavy atom. The van der Waals surface area contributed by atoms with Crippen molar-refractivity contribution in [2.24, 2.45) is 5.73 Å². The summed E-state index contributed by atoms with van der Waals surface area (Å²) in [5, 5.41) is 9.58. The molecule has 1 rings (SSSR count). The minimum Gasteiger partial charge on any atom is -0.394 e. The van der Waals surface area contributed by atoms with Crippen LogP contribution in [0.15, 0.2) is 30.3 Å². The third-order valence-corrected chi connectivity index (χ3v) is 3.07. The molecule has 1 atom stereocenters. The van der Waals surface area contributed by atoms with E-state index in [1.807, 2.05) is 37.4 Å². The normalized spacial score (nSPS) is 14.7. The first-order valence-electron chi connectivity index (χ1n) is 6.25. The zero-order valence-corrected chi connectivity index (χ0v) is 11.3. The molecule has 3 N–H and O–H groups in total. The third kappa shape index (κ3) is 4.38. The summed E-state index contributed by atoms with van der Waals surface area (Å²) in [6, 6.07) is 9.75. The van der Waals surface area contributed by atoms with E-state index in [9.17, 15) is 5.11 Å². The molecule has 0 amide bonds. The van der Waals surface area contributed by atoms with Gasteiger partial charge >= 0.3 is 0 Å². The second kappa shape index (κ2) is 7.48. The largest absolute Gasteiger partial charge is 0.394 e. The van der Waals surface area contributed by atoms with E-state index in [1.54, 1.807) is 7.11 Å². The molecule has 4 heteroatoms. The van der Waals surface area contributed by atoms with Crippen molar-refractivity contribution < 1.29 is 9.84 Å². The number of aliphatic hydroxyl groups is 1. The van der Waals surface area contributed by atoms with Crippen molar-refractivity contribution in [3.63, 3.8) is 0 Å². The molecule has 0 fully saturated rings. The molecule has 0 aromatic heterocycles. The molecule has 102 valence electrons. The summed E-state index contributed by atoms with van der Waals surface area (Å²) in [5.41, 5.74) is 6.56. The second-order valence-electron chi connectivity index (χ2n) is 4.76. The smallest absolute Gasteiger partial charge is 0.0772 e. The number of methoxy groups -OCH3 is 1. The molecule has 0 aliphatic carbocycles. The van der Waals surface area contributed by atoms with Gasteiger partial charge < -0.3 is 20.5 Å². The van der Waals surface area contributed by atoms with Crippen molar-refractivity contribution in [2.45, 2.75) is 12.0 Å². The van der Waals surface area contributed by atoms with Gasteiger partial charge in [0.1, 0.15) is 0 Å². The van der Waals surface area contributed by atoms with Crippen LogP contribution in [0.5, 0.6) is 0 Å². The molecule has 0 radical (unpaired) electrons. The van der Waals surface area contributed by atoms with E-state index in [0.29, 0.717) is 6.54 Å². The van der Waals surface area contributed by atoms with Crippen LogP contribution in [0.3, 0.4) is 0 Å². The molecular weight excluding hydrogens is 228 g/mol. The van der Waals surface area contributed by atoms with Gasteiger partial charge in [0.15, 0.2) is 0 Å². The maximum Gasteiger partial charge on any atom is 0.0772 e. The van der Waals surface area contributed by atoms with Crippen molar-refractivity contribution in [2.75, 3.05) is 40.5 Å². The number of hydrogen-bond acceptors (Lipinski definition) is 4. The van der Waals surface area contributed by atoms with E-state index in [4.69, 9.17) is 10.5 Å². The van der Waals surface area contributed by atoms with Gasteiger partial charge in [0, 0.05) is 26.8 Å². The van der Waals surface area contributed by atoms with Gasteiger partial charge in [0.2, 0.25) is 0 Å². The van der Waals surface area contributed by atoms with Crippen LogP contribution >= 0.6 is 0 Å². The summed E-state index contributed by atoms with van der Waals surface area (Å²) < 4.78 is 5.03. The van der Waals surface area contributed by atoms with E-state index < -0.39 is 5.54 Å². The van der Waals surface area contributed by atoms with Crippen molar-refractivity contribution in [3.8, 4) is 0 Å². The average molecular weight is 252 g/mol. The van der Waals surface area contributed by atoms with E-state index >= 15 is 0 Å². The first kappa shape index (κ1) is 15.1. The molecule has 0 saturated heterocycles.